The van der Waals surface area contributed by atoms with Crippen LogP contribution in [0.2, 0.25) is 5.02 Å². The molecular formula is C27H35ClFN3O9. The number of carbonyl (C=O) groups excluding carboxylic acids is 2. The van der Waals surface area contributed by atoms with Gasteiger partial charge in [-0.1, -0.05) is 37.6 Å². The van der Waals surface area contributed by atoms with Crippen molar-refractivity contribution >= 4 is 23.7 Å². The fraction of sp³-hybridized carbons (Fsp3) is 0.556. The predicted octanol–water partition coefficient (Wildman–Crippen LogP) is 2.72. The largest absolute Gasteiger partial charge is 0.444 e. The molecule has 0 unspecified atom stereocenters. The minimum Gasteiger partial charge on any atom is -0.444 e. The highest BCUT2D eigenvalue weighted by Crippen LogP contribution is 2.30. The third-order valence-corrected chi connectivity index (χ3v) is 6.38. The molecule has 2 heterocycles. The van der Waals surface area contributed by atoms with Gasteiger partial charge < -0.3 is 29.4 Å². The zero-order chi connectivity index (χ0) is 30.5. The van der Waals surface area contributed by atoms with Crippen LogP contribution in [0.1, 0.15) is 52.8 Å². The maximum atomic E-state index is 14.6. The summed E-state index contributed by atoms with van der Waals surface area (Å²) in [6.45, 7) is 7.07. The number of esters is 1. The highest BCUT2D eigenvalue weighted by Gasteiger charge is 2.38. The number of amides is 1. The summed E-state index contributed by atoms with van der Waals surface area (Å²) in [7, 11) is 0. The molecule has 2 aromatic rings. The molecule has 226 valence electrons. The molecule has 1 amide bonds. The van der Waals surface area contributed by atoms with Crippen LogP contribution in [-0.2, 0) is 37.1 Å². The molecule has 0 radical (unpaired) electrons. The van der Waals surface area contributed by atoms with Crippen LogP contribution in [0, 0.1) is 11.7 Å². The van der Waals surface area contributed by atoms with Gasteiger partial charge in [0.2, 0.25) is 5.82 Å². The Bertz CT molecular complexity index is 1340. The van der Waals surface area contributed by atoms with Crippen molar-refractivity contribution in [2.24, 2.45) is 5.92 Å². The van der Waals surface area contributed by atoms with Gasteiger partial charge in [0, 0.05) is 11.4 Å². The summed E-state index contributed by atoms with van der Waals surface area (Å²) in [5.74, 6) is -2.69. The standard InChI is InChI=1S/C27H35ClFN3O9/c1-15(2)22(30-25(36)41-27(3,4)5)24(35)39-14-32-23(34)18(29)11-31(26(32)37)21-10-19(20(12-33)40-21)38-13-16-6-8-17(28)9-7-16/h6-9,11,15,19-22,33H,10,12-14H2,1-5H3,(H,30,36)/t19-,20+,21+,22-/m0/s1. The Kier molecular flexibility index (Phi) is 10.7. The van der Waals surface area contributed by atoms with E-state index in [-0.39, 0.29) is 13.0 Å². The molecule has 1 aromatic carbocycles. The van der Waals surface area contributed by atoms with E-state index in [2.05, 4.69) is 5.32 Å². The normalized spacial score (nSPS) is 19.7. The molecule has 12 nitrogen and oxygen atoms in total. The lowest BCUT2D eigenvalue weighted by Gasteiger charge is -2.24. The SMILES string of the molecule is CC(C)[C@H](NC(=O)OC(C)(C)C)C(=O)OCn1c(=O)c(F)cn([C@H]2C[C@H](OCc3ccc(Cl)cc3)[C@@H](CO)O2)c1=O. The lowest BCUT2D eigenvalue weighted by molar-refractivity contribution is -0.151. The molecule has 0 saturated carbocycles. The van der Waals surface area contributed by atoms with Gasteiger partial charge in [-0.3, -0.25) is 9.36 Å². The first-order valence-corrected chi connectivity index (χ1v) is 13.4. The second kappa shape index (κ2) is 13.6. The molecule has 1 saturated heterocycles. The van der Waals surface area contributed by atoms with Gasteiger partial charge in [0.15, 0.2) is 6.73 Å². The van der Waals surface area contributed by atoms with Crippen LogP contribution in [0.25, 0.3) is 0 Å². The van der Waals surface area contributed by atoms with Gasteiger partial charge in [-0.25, -0.2) is 19.0 Å². The summed E-state index contributed by atoms with van der Waals surface area (Å²) >= 11 is 5.90. The maximum absolute atomic E-state index is 14.6. The zero-order valence-corrected chi connectivity index (χ0v) is 24.2. The number of hydrogen-bond donors (Lipinski definition) is 2. The number of nitrogens with one attached hydrogen (secondary N) is 1. The van der Waals surface area contributed by atoms with Crippen LogP contribution in [0.3, 0.4) is 0 Å². The Hall–Kier alpha value is -3.26. The van der Waals surface area contributed by atoms with Gasteiger partial charge in [0.05, 0.1) is 25.5 Å². The minimum absolute atomic E-state index is 0.0609. The lowest BCUT2D eigenvalue weighted by atomic mass is 10.1. The predicted molar refractivity (Wildman–Crippen MR) is 145 cm³/mol. The van der Waals surface area contributed by atoms with E-state index in [0.29, 0.717) is 15.8 Å². The highest BCUT2D eigenvalue weighted by molar-refractivity contribution is 6.30. The topological polar surface area (TPSA) is 147 Å². The fourth-order valence-corrected chi connectivity index (χ4v) is 4.18. The summed E-state index contributed by atoms with van der Waals surface area (Å²) in [6.07, 6.45) is -2.66. The molecular weight excluding hydrogens is 565 g/mol. The van der Waals surface area contributed by atoms with Crippen LogP contribution in [-0.4, -0.2) is 56.8 Å². The monoisotopic (exact) mass is 599 g/mol. The number of benzene rings is 1. The van der Waals surface area contributed by atoms with Gasteiger partial charge in [-0.15, -0.1) is 0 Å². The maximum Gasteiger partial charge on any atom is 0.408 e. The molecule has 1 aromatic heterocycles. The summed E-state index contributed by atoms with van der Waals surface area (Å²) in [6, 6.07) is 5.78. The van der Waals surface area contributed by atoms with Crippen molar-refractivity contribution in [1.29, 1.82) is 0 Å². The van der Waals surface area contributed by atoms with Crippen LogP contribution in [0.15, 0.2) is 40.1 Å². The lowest BCUT2D eigenvalue weighted by Crippen LogP contribution is -2.48. The van der Waals surface area contributed by atoms with Crippen molar-refractivity contribution in [2.75, 3.05) is 6.61 Å². The van der Waals surface area contributed by atoms with Crippen LogP contribution >= 0.6 is 11.6 Å². The Morgan fingerprint density at radius 1 is 1.22 bits per heavy atom. The van der Waals surface area contributed by atoms with E-state index in [1.165, 1.54) is 0 Å². The van der Waals surface area contributed by atoms with Crippen molar-refractivity contribution in [2.45, 2.75) is 84.5 Å². The molecule has 0 bridgehead atoms. The molecule has 4 atom stereocenters. The number of alkyl carbamates (subject to hydrolysis) is 1. The Balaban J connectivity index is 1.74. The van der Waals surface area contributed by atoms with Crippen LogP contribution in [0.4, 0.5) is 9.18 Å². The number of nitrogens with zero attached hydrogens (tertiary/aromatic N) is 2. The van der Waals surface area contributed by atoms with E-state index in [1.807, 2.05) is 0 Å². The van der Waals surface area contributed by atoms with Crippen molar-refractivity contribution in [3.05, 3.63) is 67.7 Å². The second-order valence-electron chi connectivity index (χ2n) is 10.9. The van der Waals surface area contributed by atoms with Gasteiger partial charge >= 0.3 is 17.8 Å². The van der Waals surface area contributed by atoms with Gasteiger partial charge in [0.25, 0.3) is 5.56 Å². The van der Waals surface area contributed by atoms with Crippen LogP contribution in [0.5, 0.6) is 0 Å². The molecule has 2 N–H and O–H groups in total. The molecule has 0 aliphatic carbocycles. The number of halogens is 2. The summed E-state index contributed by atoms with van der Waals surface area (Å²) < 4.78 is 37.8. The number of ether oxygens (including phenoxy) is 4. The van der Waals surface area contributed by atoms with Crippen molar-refractivity contribution < 1.29 is 38.0 Å². The number of aromatic nitrogens is 2. The van der Waals surface area contributed by atoms with E-state index in [1.54, 1.807) is 58.9 Å². The summed E-state index contributed by atoms with van der Waals surface area (Å²) in [5.41, 5.74) is -2.32. The van der Waals surface area contributed by atoms with Crippen LogP contribution < -0.4 is 16.6 Å². The number of aliphatic hydroxyl groups excluding tert-OH is 1. The number of rotatable bonds is 10. The smallest absolute Gasteiger partial charge is 0.408 e. The number of carbonyl (C=O) groups is 2. The third kappa shape index (κ3) is 8.62. The average molecular weight is 600 g/mol. The molecule has 1 aliphatic rings. The summed E-state index contributed by atoms with van der Waals surface area (Å²) in [4.78, 5) is 50.6. The minimum atomic E-state index is -1.31. The van der Waals surface area contributed by atoms with E-state index >= 15 is 0 Å². The average Bonchev–Trinajstić information content (AvgIpc) is 3.30. The molecule has 1 fully saturated rings. The van der Waals surface area contributed by atoms with E-state index < -0.39 is 78.5 Å². The van der Waals surface area contributed by atoms with E-state index in [0.717, 1.165) is 10.1 Å². The van der Waals surface area contributed by atoms with Crippen molar-refractivity contribution in [1.82, 2.24) is 14.5 Å². The van der Waals surface area contributed by atoms with Crippen molar-refractivity contribution in [3.63, 3.8) is 0 Å². The molecule has 3 rings (SSSR count). The van der Waals surface area contributed by atoms with Crippen molar-refractivity contribution in [3.8, 4) is 0 Å². The first-order valence-electron chi connectivity index (χ1n) is 13.0. The van der Waals surface area contributed by atoms with Gasteiger partial charge in [-0.05, 0) is 44.4 Å². The van der Waals surface area contributed by atoms with Gasteiger partial charge in [0.1, 0.15) is 24.0 Å². The Morgan fingerprint density at radius 3 is 2.46 bits per heavy atom. The second-order valence-corrected chi connectivity index (χ2v) is 11.3. The van der Waals surface area contributed by atoms with E-state index in [9.17, 15) is 28.7 Å². The zero-order valence-electron chi connectivity index (χ0n) is 23.5. The quantitative estimate of drug-likeness (QED) is 0.393. The highest BCUT2D eigenvalue weighted by atomic mass is 35.5. The van der Waals surface area contributed by atoms with E-state index in [4.69, 9.17) is 30.5 Å². The number of aliphatic hydroxyl groups is 1. The first-order chi connectivity index (χ1) is 19.2. The molecule has 41 heavy (non-hydrogen) atoms. The summed E-state index contributed by atoms with van der Waals surface area (Å²) in [5, 5.41) is 12.8. The third-order valence-electron chi connectivity index (χ3n) is 6.13. The fourth-order valence-electron chi connectivity index (χ4n) is 4.05. The molecule has 0 spiro atoms. The van der Waals surface area contributed by atoms with Gasteiger partial charge in [-0.2, -0.15) is 4.39 Å². The Labute approximate surface area is 240 Å². The number of hydrogen-bond acceptors (Lipinski definition) is 9. The Morgan fingerprint density at radius 2 is 1.88 bits per heavy atom. The molecule has 1 aliphatic heterocycles. The molecule has 14 heteroatoms. The first kappa shape index (κ1) is 32.3.